The van der Waals surface area contributed by atoms with Crippen LogP contribution in [0.15, 0.2) is 53.6 Å². The zero-order chi connectivity index (χ0) is 26.6. The van der Waals surface area contributed by atoms with Gasteiger partial charge in [0.15, 0.2) is 4.90 Å². The van der Waals surface area contributed by atoms with Crippen LogP contribution in [-0.4, -0.2) is 48.5 Å². The molecule has 11 heteroatoms. The van der Waals surface area contributed by atoms with Crippen LogP contribution in [0.4, 0.5) is 5.69 Å². The molecule has 0 bridgehead atoms. The van der Waals surface area contributed by atoms with Crippen LogP contribution < -0.4 is 13.8 Å². The van der Waals surface area contributed by atoms with Gasteiger partial charge in [0.2, 0.25) is 0 Å². The third kappa shape index (κ3) is 5.91. The van der Waals surface area contributed by atoms with Crippen LogP contribution >= 0.6 is 11.6 Å². The quantitative estimate of drug-likeness (QED) is 0.359. The monoisotopic (exact) mass is 545 g/mol. The number of ether oxygens (including phenoxy) is 2. The van der Waals surface area contributed by atoms with Gasteiger partial charge in [-0.25, -0.2) is 8.42 Å². The molecule has 2 aromatic carbocycles. The van der Waals surface area contributed by atoms with Crippen molar-refractivity contribution in [1.29, 1.82) is 0 Å². The maximum atomic E-state index is 14.0. The third-order valence-corrected chi connectivity index (χ3v) is 7.93. The van der Waals surface area contributed by atoms with Crippen molar-refractivity contribution >= 4 is 45.4 Å². The van der Waals surface area contributed by atoms with E-state index in [-0.39, 0.29) is 36.8 Å². The van der Waals surface area contributed by atoms with Gasteiger partial charge in [-0.1, -0.05) is 48.0 Å². The summed E-state index contributed by atoms with van der Waals surface area (Å²) in [4.78, 5) is 11.1. The molecule has 4 rings (SSSR count). The summed E-state index contributed by atoms with van der Waals surface area (Å²) in [6.45, 7) is 4.27. The molecule has 0 radical (unpaired) electrons. The smallest absolute Gasteiger partial charge is 0.303 e. The third-order valence-electron chi connectivity index (χ3n) is 5.82. The van der Waals surface area contributed by atoms with Crippen molar-refractivity contribution in [3.05, 3.63) is 64.8 Å². The summed E-state index contributed by atoms with van der Waals surface area (Å²) in [5, 5.41) is 14.0. The first-order chi connectivity index (χ1) is 17.7. The summed E-state index contributed by atoms with van der Waals surface area (Å²) in [6, 6.07) is 12.6. The summed E-state index contributed by atoms with van der Waals surface area (Å²) in [5.41, 5.74) is 1.91. The number of hydrogen-bond donors (Lipinski definition) is 1. The van der Waals surface area contributed by atoms with Crippen molar-refractivity contribution in [2.24, 2.45) is 0 Å². The van der Waals surface area contributed by atoms with Crippen LogP contribution in [0.2, 0.25) is 5.02 Å². The molecule has 1 aliphatic heterocycles. The van der Waals surface area contributed by atoms with Crippen LogP contribution in [-0.2, 0) is 21.4 Å². The first-order valence-corrected chi connectivity index (χ1v) is 13.7. The maximum Gasteiger partial charge on any atom is 0.303 e. The van der Waals surface area contributed by atoms with Crippen LogP contribution in [0.1, 0.15) is 37.8 Å². The van der Waals surface area contributed by atoms with Gasteiger partial charge in [-0.05, 0) is 49.6 Å². The second-order valence-corrected chi connectivity index (χ2v) is 10.6. The lowest BCUT2D eigenvalue weighted by atomic mass is 10.1. The van der Waals surface area contributed by atoms with E-state index in [9.17, 15) is 13.2 Å². The SMILES string of the molecule is CCOc1nn(CC)cc1S(=O)(=O)N1C[C@H](CCC(=O)O)Oc2ccc(/C=C/c3ccccc3Cl)cc21. The van der Waals surface area contributed by atoms with Crippen molar-refractivity contribution in [2.75, 3.05) is 17.5 Å². The summed E-state index contributed by atoms with van der Waals surface area (Å²) >= 11 is 6.26. The van der Waals surface area contributed by atoms with Crippen molar-refractivity contribution in [1.82, 2.24) is 9.78 Å². The lowest BCUT2D eigenvalue weighted by molar-refractivity contribution is -0.137. The number of sulfonamides is 1. The number of benzene rings is 2. The number of carboxylic acids is 1. The topological polar surface area (TPSA) is 111 Å². The number of rotatable bonds is 10. The summed E-state index contributed by atoms with van der Waals surface area (Å²) < 4.78 is 42.3. The molecule has 2 heterocycles. The Kier molecular flexibility index (Phi) is 8.09. The summed E-state index contributed by atoms with van der Waals surface area (Å²) in [6.07, 6.45) is 4.50. The zero-order valence-electron chi connectivity index (χ0n) is 20.5. The van der Waals surface area contributed by atoms with Gasteiger partial charge < -0.3 is 14.6 Å². The highest BCUT2D eigenvalue weighted by atomic mass is 35.5. The van der Waals surface area contributed by atoms with E-state index < -0.39 is 22.1 Å². The molecule has 1 aliphatic rings. The lowest BCUT2D eigenvalue weighted by Crippen LogP contribution is -2.43. The predicted molar refractivity (Wildman–Crippen MR) is 142 cm³/mol. The van der Waals surface area contributed by atoms with E-state index >= 15 is 0 Å². The molecule has 0 aliphatic carbocycles. The predicted octanol–water partition coefficient (Wildman–Crippen LogP) is 4.95. The Balaban J connectivity index is 1.76. The summed E-state index contributed by atoms with van der Waals surface area (Å²) in [7, 11) is -4.13. The molecule has 1 atom stereocenters. The standard InChI is InChI=1S/C26H28ClN3O6S/c1-3-29-17-24(26(28-29)35-4-2)37(33,34)30-16-20(12-14-25(31)32)36-23-13-10-18(15-22(23)30)9-11-19-7-5-6-8-21(19)27/h5-11,13,15,17,20H,3-4,12,14,16H2,1-2H3,(H,31,32)/b11-9+/t20-/m0/s1. The average molecular weight is 546 g/mol. The first kappa shape index (κ1) is 26.6. The van der Waals surface area contributed by atoms with Crippen molar-refractivity contribution < 1.29 is 27.8 Å². The highest BCUT2D eigenvalue weighted by Crippen LogP contribution is 2.40. The highest BCUT2D eigenvalue weighted by Gasteiger charge is 2.37. The van der Waals surface area contributed by atoms with Crippen LogP contribution in [0, 0.1) is 0 Å². The van der Waals surface area contributed by atoms with Crippen LogP contribution in [0.25, 0.3) is 12.2 Å². The molecule has 1 aromatic heterocycles. The zero-order valence-corrected chi connectivity index (χ0v) is 22.1. The molecule has 0 amide bonds. The van der Waals surface area contributed by atoms with Crippen LogP contribution in [0.3, 0.4) is 0 Å². The van der Waals surface area contributed by atoms with Crippen LogP contribution in [0.5, 0.6) is 11.6 Å². The number of anilines is 1. The van der Waals surface area contributed by atoms with Gasteiger partial charge in [0, 0.05) is 24.2 Å². The fourth-order valence-electron chi connectivity index (χ4n) is 3.97. The molecular weight excluding hydrogens is 518 g/mol. The molecule has 1 N–H and O–H groups in total. The minimum Gasteiger partial charge on any atom is -0.486 e. The number of aliphatic carboxylic acids is 1. The minimum atomic E-state index is -4.13. The molecule has 37 heavy (non-hydrogen) atoms. The Morgan fingerprint density at radius 1 is 1.24 bits per heavy atom. The number of carbonyl (C=O) groups is 1. The molecular formula is C26H28ClN3O6S. The molecule has 0 unspecified atom stereocenters. The molecule has 0 fully saturated rings. The molecule has 0 saturated heterocycles. The van der Waals surface area contributed by atoms with Crippen molar-refractivity contribution in [2.45, 2.75) is 44.2 Å². The second-order valence-electron chi connectivity index (χ2n) is 8.38. The van der Waals surface area contributed by atoms with E-state index in [0.29, 0.717) is 23.0 Å². The summed E-state index contributed by atoms with van der Waals surface area (Å²) in [5.74, 6) is -0.609. The minimum absolute atomic E-state index is 0.0225. The van der Waals surface area contributed by atoms with Gasteiger partial charge in [0.05, 0.1) is 18.8 Å². The van der Waals surface area contributed by atoms with E-state index in [4.69, 9.17) is 26.2 Å². The largest absolute Gasteiger partial charge is 0.486 e. The molecule has 9 nitrogen and oxygen atoms in total. The normalized spacial score (nSPS) is 15.4. The Bertz CT molecular complexity index is 1420. The van der Waals surface area contributed by atoms with Gasteiger partial charge in [-0.2, -0.15) is 0 Å². The Labute approximate surface area is 220 Å². The fourth-order valence-corrected chi connectivity index (χ4v) is 5.75. The average Bonchev–Trinajstić information content (AvgIpc) is 3.30. The van der Waals surface area contributed by atoms with Gasteiger partial charge in [0.25, 0.3) is 15.9 Å². The number of aryl methyl sites for hydroxylation is 1. The molecule has 196 valence electrons. The molecule has 0 saturated carbocycles. The Hall–Kier alpha value is -3.50. The number of hydrogen-bond acceptors (Lipinski definition) is 6. The van der Waals surface area contributed by atoms with Gasteiger partial charge in [-0.15, -0.1) is 5.10 Å². The number of fused-ring (bicyclic) bond motifs is 1. The Morgan fingerprint density at radius 3 is 2.73 bits per heavy atom. The second kappa shape index (κ2) is 11.3. The Morgan fingerprint density at radius 2 is 2.03 bits per heavy atom. The number of aromatic nitrogens is 2. The highest BCUT2D eigenvalue weighted by molar-refractivity contribution is 7.93. The molecule has 0 spiro atoms. The van der Waals surface area contributed by atoms with Gasteiger partial charge in [0.1, 0.15) is 11.9 Å². The number of halogens is 1. The maximum absolute atomic E-state index is 14.0. The lowest BCUT2D eigenvalue weighted by Gasteiger charge is -2.35. The van der Waals surface area contributed by atoms with E-state index in [1.807, 2.05) is 37.3 Å². The van der Waals surface area contributed by atoms with Gasteiger partial charge >= 0.3 is 5.97 Å². The van der Waals surface area contributed by atoms with Crippen molar-refractivity contribution in [3.63, 3.8) is 0 Å². The van der Waals surface area contributed by atoms with E-state index in [1.165, 1.54) is 15.2 Å². The van der Waals surface area contributed by atoms with E-state index in [0.717, 1.165) is 11.1 Å². The van der Waals surface area contributed by atoms with Crippen molar-refractivity contribution in [3.8, 4) is 11.6 Å². The first-order valence-electron chi connectivity index (χ1n) is 11.9. The fraction of sp³-hybridized carbons (Fsp3) is 0.308. The van der Waals surface area contributed by atoms with Gasteiger partial charge in [-0.3, -0.25) is 13.8 Å². The van der Waals surface area contributed by atoms with E-state index in [1.54, 1.807) is 31.2 Å². The van der Waals surface area contributed by atoms with E-state index in [2.05, 4.69) is 5.10 Å². The molecule has 3 aromatic rings. The number of carboxylic acid groups (broad SMARTS) is 1. The number of nitrogens with zero attached hydrogens (tertiary/aromatic N) is 3.